The Morgan fingerprint density at radius 1 is 0.857 bits per heavy atom. The Kier molecular flexibility index (Phi) is 4.83. The molecule has 0 aliphatic carbocycles. The van der Waals surface area contributed by atoms with Gasteiger partial charge in [-0.05, 0) is 11.1 Å². The monoisotopic (exact) mass is 277 g/mol. The molecule has 0 saturated carbocycles. The SMILES string of the molecule is C=Cc1ccccc1.O=C1C=C(c2ccccc2)C(=O)N1. The largest absolute Gasteiger partial charge is 0.289 e. The maximum atomic E-state index is 11.2. The molecule has 0 saturated heterocycles. The van der Waals surface area contributed by atoms with Gasteiger partial charge in [-0.15, -0.1) is 0 Å². The number of hydrogen-bond acceptors (Lipinski definition) is 2. The number of carbonyl (C=O) groups excluding carboxylic acids is 2. The third-order valence-electron chi connectivity index (χ3n) is 2.88. The van der Waals surface area contributed by atoms with Crippen molar-refractivity contribution in [3.63, 3.8) is 0 Å². The Bertz CT molecular complexity index is 673. The summed E-state index contributed by atoms with van der Waals surface area (Å²) in [6.07, 6.45) is 3.15. The summed E-state index contributed by atoms with van der Waals surface area (Å²) in [5.41, 5.74) is 2.38. The molecule has 1 heterocycles. The second kappa shape index (κ2) is 7.01. The van der Waals surface area contributed by atoms with Gasteiger partial charge in [-0.3, -0.25) is 14.9 Å². The number of carbonyl (C=O) groups is 2. The van der Waals surface area contributed by atoms with E-state index in [0.29, 0.717) is 5.57 Å². The maximum absolute atomic E-state index is 11.2. The molecule has 0 spiro atoms. The summed E-state index contributed by atoms with van der Waals surface area (Å²) >= 11 is 0. The Morgan fingerprint density at radius 3 is 1.86 bits per heavy atom. The smallest absolute Gasteiger partial charge is 0.258 e. The number of amides is 2. The molecule has 3 nitrogen and oxygen atoms in total. The zero-order valence-corrected chi connectivity index (χ0v) is 11.5. The topological polar surface area (TPSA) is 46.2 Å². The van der Waals surface area contributed by atoms with Gasteiger partial charge in [0.25, 0.3) is 11.8 Å². The highest BCUT2D eigenvalue weighted by Crippen LogP contribution is 2.16. The van der Waals surface area contributed by atoms with Crippen LogP contribution < -0.4 is 5.32 Å². The molecule has 3 rings (SSSR count). The van der Waals surface area contributed by atoms with Gasteiger partial charge in [0.1, 0.15) is 0 Å². The molecule has 104 valence electrons. The van der Waals surface area contributed by atoms with E-state index in [9.17, 15) is 9.59 Å². The Hall–Kier alpha value is -2.94. The van der Waals surface area contributed by atoms with Gasteiger partial charge < -0.3 is 0 Å². The van der Waals surface area contributed by atoms with Crippen LogP contribution in [0.25, 0.3) is 11.6 Å². The van der Waals surface area contributed by atoms with Crippen molar-refractivity contribution in [1.82, 2.24) is 5.32 Å². The van der Waals surface area contributed by atoms with Crippen LogP contribution in [0.15, 0.2) is 73.3 Å². The lowest BCUT2D eigenvalue weighted by atomic mass is 10.1. The van der Waals surface area contributed by atoms with Crippen molar-refractivity contribution in [3.05, 3.63) is 84.4 Å². The second-order valence-electron chi connectivity index (χ2n) is 4.36. The Morgan fingerprint density at radius 2 is 1.43 bits per heavy atom. The van der Waals surface area contributed by atoms with Crippen LogP contribution in [0.4, 0.5) is 0 Å². The predicted molar refractivity (Wildman–Crippen MR) is 84.1 cm³/mol. The highest BCUT2D eigenvalue weighted by Gasteiger charge is 2.21. The van der Waals surface area contributed by atoms with E-state index in [1.807, 2.05) is 54.6 Å². The van der Waals surface area contributed by atoms with Crippen LogP contribution in [0.2, 0.25) is 0 Å². The standard InChI is InChI=1S/C10H7NO2.C8H8/c12-9-6-8(10(13)11-9)7-4-2-1-3-5-7;1-2-8-6-4-3-5-7-8/h1-6H,(H,11,12,13);2-7H,1H2. The molecule has 1 N–H and O–H groups in total. The molecular weight excluding hydrogens is 262 g/mol. The van der Waals surface area contributed by atoms with Crippen LogP contribution in [0.1, 0.15) is 11.1 Å². The molecular formula is C18H15NO2. The van der Waals surface area contributed by atoms with Crippen molar-refractivity contribution in [1.29, 1.82) is 0 Å². The minimum atomic E-state index is -0.344. The van der Waals surface area contributed by atoms with Crippen molar-refractivity contribution < 1.29 is 9.59 Å². The molecule has 0 unspecified atom stereocenters. The van der Waals surface area contributed by atoms with E-state index in [1.165, 1.54) is 11.6 Å². The minimum Gasteiger partial charge on any atom is -0.289 e. The molecule has 2 aromatic rings. The molecule has 1 aliphatic heterocycles. The number of hydrogen-bond donors (Lipinski definition) is 1. The van der Waals surface area contributed by atoms with Gasteiger partial charge in [0.15, 0.2) is 0 Å². The highest BCUT2D eigenvalue weighted by molar-refractivity contribution is 6.33. The lowest BCUT2D eigenvalue weighted by molar-refractivity contribution is -0.123. The average Bonchev–Trinajstić information content (AvgIpc) is 2.88. The number of imide groups is 1. The predicted octanol–water partition coefficient (Wildman–Crippen LogP) is 3.06. The fraction of sp³-hybridized carbons (Fsp3) is 0. The molecule has 21 heavy (non-hydrogen) atoms. The Labute approximate surface area is 123 Å². The van der Waals surface area contributed by atoms with Gasteiger partial charge in [0.2, 0.25) is 0 Å². The first-order chi connectivity index (χ1) is 10.2. The van der Waals surface area contributed by atoms with Crippen LogP contribution in [-0.2, 0) is 9.59 Å². The van der Waals surface area contributed by atoms with Crippen LogP contribution in [-0.4, -0.2) is 11.8 Å². The molecule has 2 amide bonds. The van der Waals surface area contributed by atoms with E-state index in [-0.39, 0.29) is 11.8 Å². The first kappa shape index (κ1) is 14.5. The first-order valence-corrected chi connectivity index (χ1v) is 6.50. The summed E-state index contributed by atoms with van der Waals surface area (Å²) in [5, 5.41) is 2.19. The normalized spacial score (nSPS) is 12.9. The van der Waals surface area contributed by atoms with E-state index < -0.39 is 0 Å². The summed E-state index contributed by atoms with van der Waals surface area (Å²) in [7, 11) is 0. The fourth-order valence-corrected chi connectivity index (χ4v) is 1.83. The van der Waals surface area contributed by atoms with E-state index in [0.717, 1.165) is 5.56 Å². The van der Waals surface area contributed by atoms with Crippen molar-refractivity contribution in [3.8, 4) is 0 Å². The van der Waals surface area contributed by atoms with E-state index in [1.54, 1.807) is 12.1 Å². The van der Waals surface area contributed by atoms with Crippen LogP contribution in [0, 0.1) is 0 Å². The van der Waals surface area contributed by atoms with Crippen LogP contribution >= 0.6 is 0 Å². The molecule has 0 fully saturated rings. The quantitative estimate of drug-likeness (QED) is 0.858. The number of benzene rings is 2. The molecule has 2 aromatic carbocycles. The molecule has 1 aliphatic rings. The lowest BCUT2D eigenvalue weighted by Gasteiger charge is -1.97. The van der Waals surface area contributed by atoms with E-state index in [4.69, 9.17) is 0 Å². The summed E-state index contributed by atoms with van der Waals surface area (Å²) < 4.78 is 0. The summed E-state index contributed by atoms with van der Waals surface area (Å²) in [4.78, 5) is 22.0. The van der Waals surface area contributed by atoms with Gasteiger partial charge in [-0.2, -0.15) is 0 Å². The van der Waals surface area contributed by atoms with Crippen molar-refractivity contribution in [2.45, 2.75) is 0 Å². The van der Waals surface area contributed by atoms with Crippen molar-refractivity contribution in [2.75, 3.05) is 0 Å². The number of nitrogens with one attached hydrogen (secondary N) is 1. The highest BCUT2D eigenvalue weighted by atomic mass is 16.2. The first-order valence-electron chi connectivity index (χ1n) is 6.50. The molecule has 0 radical (unpaired) electrons. The average molecular weight is 277 g/mol. The third kappa shape index (κ3) is 4.01. The fourth-order valence-electron chi connectivity index (χ4n) is 1.83. The molecule has 3 heteroatoms. The summed E-state index contributed by atoms with van der Waals surface area (Å²) in [5.74, 6) is -0.667. The Balaban J connectivity index is 0.000000173. The third-order valence-corrected chi connectivity index (χ3v) is 2.88. The van der Waals surface area contributed by atoms with Gasteiger partial charge in [0.05, 0.1) is 5.57 Å². The van der Waals surface area contributed by atoms with Gasteiger partial charge in [0, 0.05) is 6.08 Å². The summed E-state index contributed by atoms with van der Waals surface area (Å²) in [6, 6.07) is 19.1. The maximum Gasteiger partial charge on any atom is 0.258 e. The van der Waals surface area contributed by atoms with Gasteiger partial charge in [-0.25, -0.2) is 0 Å². The second-order valence-corrected chi connectivity index (χ2v) is 4.36. The van der Waals surface area contributed by atoms with Gasteiger partial charge in [-0.1, -0.05) is 73.3 Å². The van der Waals surface area contributed by atoms with Crippen LogP contribution in [0.3, 0.4) is 0 Å². The lowest BCUT2D eigenvalue weighted by Crippen LogP contribution is -2.21. The van der Waals surface area contributed by atoms with E-state index >= 15 is 0 Å². The van der Waals surface area contributed by atoms with Crippen molar-refractivity contribution in [2.24, 2.45) is 0 Å². The molecule has 0 atom stereocenters. The number of rotatable bonds is 2. The van der Waals surface area contributed by atoms with Crippen LogP contribution in [0.5, 0.6) is 0 Å². The summed E-state index contributed by atoms with van der Waals surface area (Å²) in [6.45, 7) is 3.63. The zero-order chi connectivity index (χ0) is 15.1. The molecule has 0 aromatic heterocycles. The van der Waals surface area contributed by atoms with E-state index in [2.05, 4.69) is 11.9 Å². The van der Waals surface area contributed by atoms with Gasteiger partial charge >= 0.3 is 0 Å². The zero-order valence-electron chi connectivity index (χ0n) is 11.5. The minimum absolute atomic E-state index is 0.323. The molecule has 0 bridgehead atoms. The van der Waals surface area contributed by atoms with Crippen molar-refractivity contribution >= 4 is 23.5 Å².